The summed E-state index contributed by atoms with van der Waals surface area (Å²) in [4.78, 5) is 15.4. The van der Waals surface area contributed by atoms with Gasteiger partial charge in [0.25, 0.3) is 0 Å². The van der Waals surface area contributed by atoms with Crippen molar-refractivity contribution in [2.24, 2.45) is 0 Å². The minimum atomic E-state index is -0.0946. The van der Waals surface area contributed by atoms with E-state index in [1.807, 2.05) is 6.08 Å². The average Bonchev–Trinajstić information content (AvgIpc) is 2.27. The Balaban J connectivity index is 2.49. The molecule has 0 radical (unpaired) electrons. The van der Waals surface area contributed by atoms with Crippen molar-refractivity contribution in [1.29, 1.82) is 0 Å². The fourth-order valence-electron chi connectivity index (χ4n) is 2.09. The summed E-state index contributed by atoms with van der Waals surface area (Å²) >= 11 is 3.55. The first-order valence-corrected chi connectivity index (χ1v) is 6.94. The molecule has 0 aromatic carbocycles. The SMILES string of the molecule is C=C(/C=C(/Br)N1CCC(N(C)C)CC1)NC(C)=O. The van der Waals surface area contributed by atoms with Gasteiger partial charge in [0.15, 0.2) is 0 Å². The van der Waals surface area contributed by atoms with Crippen LogP contribution >= 0.6 is 15.9 Å². The van der Waals surface area contributed by atoms with Crippen molar-refractivity contribution >= 4 is 21.8 Å². The molecule has 0 aromatic heterocycles. The lowest BCUT2D eigenvalue weighted by Crippen LogP contribution is -2.40. The van der Waals surface area contributed by atoms with Crippen LogP contribution < -0.4 is 5.32 Å². The fraction of sp³-hybridized carbons (Fsp3) is 0.615. The second-order valence-electron chi connectivity index (χ2n) is 4.86. The molecule has 1 fully saturated rings. The van der Waals surface area contributed by atoms with Crippen LogP contribution in [0, 0.1) is 0 Å². The number of nitrogens with one attached hydrogen (secondary N) is 1. The van der Waals surface area contributed by atoms with Gasteiger partial charge in [0.2, 0.25) is 5.91 Å². The van der Waals surface area contributed by atoms with Crippen molar-refractivity contribution < 1.29 is 4.79 Å². The predicted octanol–water partition coefficient (Wildman–Crippen LogP) is 1.90. The van der Waals surface area contributed by atoms with Crippen molar-refractivity contribution in [2.75, 3.05) is 27.2 Å². The Morgan fingerprint density at radius 2 is 2.00 bits per heavy atom. The van der Waals surface area contributed by atoms with Gasteiger partial charge in [-0.15, -0.1) is 0 Å². The average molecular weight is 316 g/mol. The molecule has 18 heavy (non-hydrogen) atoms. The summed E-state index contributed by atoms with van der Waals surface area (Å²) in [5, 5.41) is 2.67. The largest absolute Gasteiger partial charge is 0.366 e. The summed E-state index contributed by atoms with van der Waals surface area (Å²) in [7, 11) is 4.26. The highest BCUT2D eigenvalue weighted by molar-refractivity contribution is 9.11. The van der Waals surface area contributed by atoms with Crippen LogP contribution in [0.1, 0.15) is 19.8 Å². The first kappa shape index (κ1) is 15.2. The number of rotatable bonds is 4. The zero-order valence-electron chi connectivity index (χ0n) is 11.4. The van der Waals surface area contributed by atoms with E-state index in [0.29, 0.717) is 11.7 Å². The van der Waals surface area contributed by atoms with Crippen LogP contribution in [0.5, 0.6) is 0 Å². The molecule has 0 unspecified atom stereocenters. The van der Waals surface area contributed by atoms with Crippen molar-refractivity contribution in [3.63, 3.8) is 0 Å². The molecule has 1 aliphatic rings. The maximum absolute atomic E-state index is 10.9. The van der Waals surface area contributed by atoms with Gasteiger partial charge in [-0.2, -0.15) is 0 Å². The summed E-state index contributed by atoms with van der Waals surface area (Å²) in [6, 6.07) is 0.667. The van der Waals surface area contributed by atoms with Crippen molar-refractivity contribution in [3.05, 3.63) is 23.0 Å². The Labute approximate surface area is 118 Å². The lowest BCUT2D eigenvalue weighted by Gasteiger charge is -2.36. The standard InChI is InChI=1S/C13H22BrN3O/c1-10(15-11(2)18)9-13(14)17-7-5-12(6-8-17)16(3)4/h9,12H,1,5-8H2,2-4H3,(H,15,18)/b13-9-. The van der Waals surface area contributed by atoms with Gasteiger partial charge in [0.05, 0.1) is 4.61 Å². The number of piperidine rings is 1. The lowest BCUT2D eigenvalue weighted by molar-refractivity contribution is -0.118. The Hall–Kier alpha value is -0.810. The number of carbonyl (C=O) groups is 1. The zero-order chi connectivity index (χ0) is 13.7. The monoisotopic (exact) mass is 315 g/mol. The van der Waals surface area contributed by atoms with E-state index in [4.69, 9.17) is 0 Å². The van der Waals surface area contributed by atoms with E-state index in [-0.39, 0.29) is 5.91 Å². The molecule has 1 amide bonds. The number of carbonyl (C=O) groups excluding carboxylic acids is 1. The summed E-state index contributed by atoms with van der Waals surface area (Å²) in [6.07, 6.45) is 4.17. The number of hydrogen-bond acceptors (Lipinski definition) is 3. The molecule has 102 valence electrons. The third-order valence-corrected chi connectivity index (χ3v) is 3.86. The van der Waals surface area contributed by atoms with Gasteiger partial charge in [0.1, 0.15) is 0 Å². The smallest absolute Gasteiger partial charge is 0.221 e. The van der Waals surface area contributed by atoms with E-state index >= 15 is 0 Å². The molecule has 0 spiro atoms. The van der Waals surface area contributed by atoms with Crippen molar-refractivity contribution in [2.45, 2.75) is 25.8 Å². The van der Waals surface area contributed by atoms with Crippen LogP contribution in [0.4, 0.5) is 0 Å². The van der Waals surface area contributed by atoms with Crippen LogP contribution in [0.15, 0.2) is 23.0 Å². The molecule has 4 nitrogen and oxygen atoms in total. The first-order chi connectivity index (χ1) is 8.40. The van der Waals surface area contributed by atoms with Gasteiger partial charge >= 0.3 is 0 Å². The minimum Gasteiger partial charge on any atom is -0.366 e. The Bertz CT molecular complexity index is 344. The molecule has 0 atom stereocenters. The second-order valence-corrected chi connectivity index (χ2v) is 5.67. The van der Waals surface area contributed by atoms with Crippen LogP contribution in [-0.2, 0) is 4.79 Å². The molecule has 0 aromatic rings. The molecule has 5 heteroatoms. The number of amides is 1. The van der Waals surface area contributed by atoms with E-state index in [2.05, 4.69) is 51.7 Å². The van der Waals surface area contributed by atoms with Gasteiger partial charge in [-0.1, -0.05) is 6.58 Å². The lowest BCUT2D eigenvalue weighted by atomic mass is 10.0. The quantitative estimate of drug-likeness (QED) is 0.636. The second kappa shape index (κ2) is 6.95. The Kier molecular flexibility index (Phi) is 5.88. The number of likely N-dealkylation sites (tertiary alicyclic amines) is 1. The molecule has 1 rings (SSSR count). The molecular formula is C13H22BrN3O. The van der Waals surface area contributed by atoms with Gasteiger partial charge in [-0.25, -0.2) is 0 Å². The van der Waals surface area contributed by atoms with Crippen LogP contribution in [0.3, 0.4) is 0 Å². The summed E-state index contributed by atoms with van der Waals surface area (Å²) in [5.74, 6) is -0.0946. The van der Waals surface area contributed by atoms with Gasteiger partial charge in [-0.3, -0.25) is 4.79 Å². The zero-order valence-corrected chi connectivity index (χ0v) is 13.0. The number of nitrogens with zero attached hydrogens (tertiary/aromatic N) is 2. The number of allylic oxidation sites excluding steroid dienone is 1. The number of halogens is 1. The molecule has 1 aliphatic heterocycles. The highest BCUT2D eigenvalue weighted by Gasteiger charge is 2.21. The summed E-state index contributed by atoms with van der Waals surface area (Å²) in [5.41, 5.74) is 0.615. The van der Waals surface area contributed by atoms with E-state index in [1.54, 1.807) is 0 Å². The van der Waals surface area contributed by atoms with Crippen LogP contribution in [-0.4, -0.2) is 48.9 Å². The van der Waals surface area contributed by atoms with E-state index in [9.17, 15) is 4.79 Å². The van der Waals surface area contributed by atoms with Crippen LogP contribution in [0.2, 0.25) is 0 Å². The maximum Gasteiger partial charge on any atom is 0.221 e. The first-order valence-electron chi connectivity index (χ1n) is 6.15. The van der Waals surface area contributed by atoms with Crippen LogP contribution in [0.25, 0.3) is 0 Å². The normalized spacial score (nSPS) is 18.1. The van der Waals surface area contributed by atoms with E-state index in [0.717, 1.165) is 30.5 Å². The molecular weight excluding hydrogens is 294 g/mol. The summed E-state index contributed by atoms with van der Waals surface area (Å²) in [6.45, 7) is 7.32. The highest BCUT2D eigenvalue weighted by Crippen LogP contribution is 2.22. The number of hydrogen-bond donors (Lipinski definition) is 1. The maximum atomic E-state index is 10.9. The summed E-state index contributed by atoms with van der Waals surface area (Å²) < 4.78 is 0.985. The molecule has 0 bridgehead atoms. The molecule has 1 heterocycles. The molecule has 1 N–H and O–H groups in total. The third-order valence-electron chi connectivity index (χ3n) is 3.13. The molecule has 1 saturated heterocycles. The van der Waals surface area contributed by atoms with E-state index in [1.165, 1.54) is 6.92 Å². The van der Waals surface area contributed by atoms with Gasteiger partial charge < -0.3 is 15.1 Å². The van der Waals surface area contributed by atoms with E-state index < -0.39 is 0 Å². The van der Waals surface area contributed by atoms with Gasteiger partial charge in [-0.05, 0) is 48.9 Å². The molecule has 0 aliphatic carbocycles. The third kappa shape index (κ3) is 4.82. The Morgan fingerprint density at radius 1 is 1.44 bits per heavy atom. The predicted molar refractivity (Wildman–Crippen MR) is 78.2 cm³/mol. The topological polar surface area (TPSA) is 35.6 Å². The minimum absolute atomic E-state index is 0.0946. The molecule has 0 saturated carbocycles. The van der Waals surface area contributed by atoms with Crippen molar-refractivity contribution in [1.82, 2.24) is 15.1 Å². The fourth-order valence-corrected chi connectivity index (χ4v) is 2.72. The van der Waals surface area contributed by atoms with Gasteiger partial charge in [0, 0.05) is 31.8 Å². The highest BCUT2D eigenvalue weighted by atomic mass is 79.9. The van der Waals surface area contributed by atoms with Crippen molar-refractivity contribution in [3.8, 4) is 0 Å². The Morgan fingerprint density at radius 3 is 2.44 bits per heavy atom.